The third kappa shape index (κ3) is 5.13. The Labute approximate surface area is 323 Å². The highest BCUT2D eigenvalue weighted by atomic mass is 15.2. The van der Waals surface area contributed by atoms with Gasteiger partial charge in [0.05, 0.1) is 22.1 Å². The minimum atomic E-state index is 0.561. The molecule has 3 aromatic heterocycles. The molecule has 0 amide bonds. The molecule has 0 unspecified atom stereocenters. The predicted molar refractivity (Wildman–Crippen MR) is 230 cm³/mol. The quantitative estimate of drug-likeness (QED) is 0.172. The summed E-state index contributed by atoms with van der Waals surface area (Å²) in [4.78, 5) is 15.8. The lowest BCUT2D eigenvalue weighted by molar-refractivity contribution is 0.954. The fourth-order valence-electron chi connectivity index (χ4n) is 8.25. The fourth-order valence-corrected chi connectivity index (χ4v) is 8.25. The monoisotopic (exact) mass is 715 g/mol. The maximum absolute atomic E-state index is 5.35. The van der Waals surface area contributed by atoms with Crippen LogP contribution in [0.25, 0.3) is 100 Å². The van der Waals surface area contributed by atoms with Crippen LogP contribution in [-0.4, -0.2) is 24.1 Å². The van der Waals surface area contributed by atoms with Crippen molar-refractivity contribution in [2.45, 2.75) is 0 Å². The molecule has 0 aliphatic rings. The van der Waals surface area contributed by atoms with E-state index in [1.807, 2.05) is 24.3 Å². The molecule has 11 rings (SSSR count). The van der Waals surface area contributed by atoms with E-state index in [2.05, 4.69) is 185 Å². The van der Waals surface area contributed by atoms with E-state index in [1.54, 1.807) is 0 Å². The van der Waals surface area contributed by atoms with Crippen molar-refractivity contribution in [3.63, 3.8) is 0 Å². The SMILES string of the molecule is c1ccc(-c2ccc(-c3nc(-c4ccccc4)nc(-n4c5ccccc5c5c4c(-c4ccccc4)cc4c6ccccc6n(-c6ccccc6)c45)n3)cc2)cc1. The average molecular weight is 716 g/mol. The summed E-state index contributed by atoms with van der Waals surface area (Å²) in [6, 6.07) is 70.2. The standard InChI is InChI=1S/C51H33N5/c1-5-17-34(18-6-1)35-29-31-38(32-30-35)50-52-49(37-21-9-3-10-22-37)53-51(54-50)56-45-28-16-14-26-41(45)46-47(56)42(36-19-7-2-8-20-36)33-43-40-25-13-15-27-44(40)55(48(43)46)39-23-11-4-12-24-39/h1-33H. The van der Waals surface area contributed by atoms with E-state index in [-0.39, 0.29) is 0 Å². The molecule has 8 aromatic carbocycles. The predicted octanol–water partition coefficient (Wildman–Crippen LogP) is 12.7. The van der Waals surface area contributed by atoms with Gasteiger partial charge in [-0.3, -0.25) is 4.57 Å². The number of aromatic nitrogens is 5. The van der Waals surface area contributed by atoms with Gasteiger partial charge in [-0.25, -0.2) is 4.98 Å². The van der Waals surface area contributed by atoms with Crippen molar-refractivity contribution in [2.24, 2.45) is 0 Å². The number of rotatable bonds is 6. The fraction of sp³-hybridized carbons (Fsp3) is 0. The van der Waals surface area contributed by atoms with Gasteiger partial charge in [0.2, 0.25) is 5.95 Å². The first kappa shape index (κ1) is 31.9. The molecule has 0 bridgehead atoms. The van der Waals surface area contributed by atoms with Crippen molar-refractivity contribution in [3.05, 3.63) is 200 Å². The van der Waals surface area contributed by atoms with Crippen LogP contribution in [0.2, 0.25) is 0 Å². The molecule has 3 heterocycles. The Morgan fingerprint density at radius 2 is 0.786 bits per heavy atom. The zero-order valence-corrected chi connectivity index (χ0v) is 30.3. The number of fused-ring (bicyclic) bond motifs is 7. The third-order valence-electron chi connectivity index (χ3n) is 10.8. The lowest BCUT2D eigenvalue weighted by Gasteiger charge is -2.14. The summed E-state index contributed by atoms with van der Waals surface area (Å²) in [6.07, 6.45) is 0. The molecule has 0 spiro atoms. The average Bonchev–Trinajstić information content (AvgIpc) is 3.80. The highest BCUT2D eigenvalue weighted by Crippen LogP contribution is 2.46. The molecule has 262 valence electrons. The summed E-state index contributed by atoms with van der Waals surface area (Å²) >= 11 is 0. The third-order valence-corrected chi connectivity index (χ3v) is 10.8. The van der Waals surface area contributed by atoms with Gasteiger partial charge in [-0.1, -0.05) is 170 Å². The van der Waals surface area contributed by atoms with E-state index in [0.29, 0.717) is 17.6 Å². The van der Waals surface area contributed by atoms with E-state index in [1.165, 1.54) is 16.3 Å². The topological polar surface area (TPSA) is 48.5 Å². The smallest absolute Gasteiger partial charge is 0.238 e. The molecule has 5 heteroatoms. The number of nitrogens with zero attached hydrogens (tertiary/aromatic N) is 5. The van der Waals surface area contributed by atoms with Crippen molar-refractivity contribution in [1.29, 1.82) is 0 Å². The molecular weight excluding hydrogens is 683 g/mol. The largest absolute Gasteiger partial charge is 0.309 e. The molecule has 11 aromatic rings. The maximum Gasteiger partial charge on any atom is 0.238 e. The number of benzene rings is 8. The summed E-state index contributed by atoms with van der Waals surface area (Å²) in [5.41, 5.74) is 11.9. The van der Waals surface area contributed by atoms with Crippen molar-refractivity contribution in [2.75, 3.05) is 0 Å². The van der Waals surface area contributed by atoms with E-state index >= 15 is 0 Å². The molecule has 0 aliphatic carbocycles. The Morgan fingerprint density at radius 3 is 1.43 bits per heavy atom. The number of hydrogen-bond acceptors (Lipinski definition) is 3. The zero-order valence-electron chi connectivity index (χ0n) is 30.3. The lowest BCUT2D eigenvalue weighted by Crippen LogP contribution is -2.07. The van der Waals surface area contributed by atoms with E-state index in [4.69, 9.17) is 15.0 Å². The lowest BCUT2D eigenvalue weighted by atomic mass is 9.98. The maximum atomic E-state index is 5.35. The van der Waals surface area contributed by atoms with E-state index in [0.717, 1.165) is 66.3 Å². The Bertz CT molecular complexity index is 3200. The van der Waals surface area contributed by atoms with Crippen LogP contribution in [-0.2, 0) is 0 Å². The van der Waals surface area contributed by atoms with Gasteiger partial charge >= 0.3 is 0 Å². The first-order valence-electron chi connectivity index (χ1n) is 18.9. The van der Waals surface area contributed by atoms with Crippen molar-refractivity contribution >= 4 is 43.6 Å². The van der Waals surface area contributed by atoms with Gasteiger partial charge in [-0.15, -0.1) is 0 Å². The normalized spacial score (nSPS) is 11.6. The van der Waals surface area contributed by atoms with Crippen molar-refractivity contribution in [3.8, 4) is 56.7 Å². The van der Waals surface area contributed by atoms with Crippen LogP contribution in [0.15, 0.2) is 200 Å². The second-order valence-electron chi connectivity index (χ2n) is 14.0. The molecular formula is C51H33N5. The van der Waals surface area contributed by atoms with Crippen LogP contribution < -0.4 is 0 Å². The molecule has 0 N–H and O–H groups in total. The van der Waals surface area contributed by atoms with Gasteiger partial charge in [0.25, 0.3) is 0 Å². The highest BCUT2D eigenvalue weighted by Gasteiger charge is 2.26. The summed E-state index contributed by atoms with van der Waals surface area (Å²) in [6.45, 7) is 0. The summed E-state index contributed by atoms with van der Waals surface area (Å²) in [5.74, 6) is 1.79. The number of para-hydroxylation sites is 3. The van der Waals surface area contributed by atoms with Crippen LogP contribution in [0.5, 0.6) is 0 Å². The summed E-state index contributed by atoms with van der Waals surface area (Å²) in [5, 5.41) is 4.67. The van der Waals surface area contributed by atoms with Gasteiger partial charge in [-0.05, 0) is 47.0 Å². The summed E-state index contributed by atoms with van der Waals surface area (Å²) < 4.78 is 4.68. The minimum absolute atomic E-state index is 0.561. The first-order chi connectivity index (χ1) is 27.8. The van der Waals surface area contributed by atoms with Crippen LogP contribution in [0.1, 0.15) is 0 Å². The molecule has 0 saturated heterocycles. The van der Waals surface area contributed by atoms with Gasteiger partial charge in [0, 0.05) is 43.9 Å². The molecule has 5 nitrogen and oxygen atoms in total. The Kier molecular flexibility index (Phi) is 7.42. The van der Waals surface area contributed by atoms with E-state index in [9.17, 15) is 0 Å². The van der Waals surface area contributed by atoms with Gasteiger partial charge in [0.1, 0.15) is 0 Å². The second-order valence-corrected chi connectivity index (χ2v) is 14.0. The Balaban J connectivity index is 1.27. The zero-order chi connectivity index (χ0) is 37.0. The van der Waals surface area contributed by atoms with E-state index < -0.39 is 0 Å². The Hall–Kier alpha value is -7.63. The summed E-state index contributed by atoms with van der Waals surface area (Å²) in [7, 11) is 0. The molecule has 0 radical (unpaired) electrons. The molecule has 56 heavy (non-hydrogen) atoms. The van der Waals surface area contributed by atoms with Gasteiger partial charge < -0.3 is 4.57 Å². The van der Waals surface area contributed by atoms with Crippen LogP contribution in [0.4, 0.5) is 0 Å². The second kappa shape index (κ2) is 13.0. The van der Waals surface area contributed by atoms with Gasteiger partial charge in [-0.2, -0.15) is 9.97 Å². The van der Waals surface area contributed by atoms with Crippen LogP contribution in [0.3, 0.4) is 0 Å². The highest BCUT2D eigenvalue weighted by molar-refractivity contribution is 6.29. The van der Waals surface area contributed by atoms with Crippen LogP contribution in [0, 0.1) is 0 Å². The van der Waals surface area contributed by atoms with Crippen molar-refractivity contribution < 1.29 is 0 Å². The Morgan fingerprint density at radius 1 is 0.321 bits per heavy atom. The molecule has 0 aliphatic heterocycles. The molecule has 0 fully saturated rings. The molecule has 0 saturated carbocycles. The van der Waals surface area contributed by atoms with Crippen LogP contribution >= 0.6 is 0 Å². The van der Waals surface area contributed by atoms with Gasteiger partial charge in [0.15, 0.2) is 11.6 Å². The number of hydrogen-bond donors (Lipinski definition) is 0. The first-order valence-corrected chi connectivity index (χ1v) is 18.9. The minimum Gasteiger partial charge on any atom is -0.309 e. The van der Waals surface area contributed by atoms with Crippen molar-refractivity contribution in [1.82, 2.24) is 24.1 Å². The molecule has 0 atom stereocenters.